The van der Waals surface area contributed by atoms with Crippen LogP contribution in [-0.4, -0.2) is 103 Å². The van der Waals surface area contributed by atoms with Crippen molar-refractivity contribution >= 4 is 0 Å². The van der Waals surface area contributed by atoms with Crippen molar-refractivity contribution in [2.45, 2.75) is 30.7 Å². The molecule has 1 rings (SSSR count). The van der Waals surface area contributed by atoms with Crippen LogP contribution in [0.1, 0.15) is 0 Å². The fourth-order valence-corrected chi connectivity index (χ4v) is 3.21. The molecule has 11 nitrogen and oxygen atoms in total. The van der Waals surface area contributed by atoms with Crippen LogP contribution >= 0.6 is 0 Å². The lowest BCUT2D eigenvalue weighted by Gasteiger charge is -2.45. The molecule has 198 valence electrons. The van der Waals surface area contributed by atoms with Crippen LogP contribution in [0.5, 0.6) is 0 Å². The number of hydrogen-bond acceptors (Lipinski definition) is 9. The van der Waals surface area contributed by atoms with E-state index in [-0.39, 0.29) is 26.4 Å². The molecule has 0 aromatic heterocycles. The summed E-state index contributed by atoms with van der Waals surface area (Å²) in [5.41, 5.74) is 8.23. The van der Waals surface area contributed by atoms with Gasteiger partial charge in [-0.15, -0.1) is 26.3 Å². The smallest absolute Gasteiger partial charge is 0.187 e. The largest absolute Gasteiger partial charge is 0.379 e. The predicted molar refractivity (Wildman–Crippen MR) is 131 cm³/mol. The van der Waals surface area contributed by atoms with Gasteiger partial charge in [0.05, 0.1) is 66.1 Å². The zero-order valence-electron chi connectivity index (χ0n) is 20.4. The van der Waals surface area contributed by atoms with E-state index < -0.39 is 30.7 Å². The second kappa shape index (κ2) is 21.3. The highest BCUT2D eigenvalue weighted by Crippen LogP contribution is 2.29. The first-order valence-corrected chi connectivity index (χ1v) is 11.5. The van der Waals surface area contributed by atoms with Gasteiger partial charge in [0.25, 0.3) is 0 Å². The molecule has 1 aliphatic rings. The Balaban J connectivity index is 2.76. The molecule has 0 radical (unpaired) electrons. The molecule has 0 aromatic rings. The van der Waals surface area contributed by atoms with Gasteiger partial charge in [0, 0.05) is 11.5 Å². The summed E-state index contributed by atoms with van der Waals surface area (Å²) < 4.78 is 46.8. The highest BCUT2D eigenvalue weighted by molar-refractivity contribution is 4.94. The molecule has 0 spiro atoms. The summed E-state index contributed by atoms with van der Waals surface area (Å²) in [4.78, 5) is 2.66. The first-order valence-electron chi connectivity index (χ1n) is 11.5. The average Bonchev–Trinajstić information content (AvgIpc) is 2.87. The molecule has 0 unspecified atom stereocenters. The normalized spacial score (nSPS) is 23.8. The Morgan fingerprint density at radius 1 is 0.686 bits per heavy atom. The van der Waals surface area contributed by atoms with Crippen molar-refractivity contribution in [3.63, 3.8) is 0 Å². The summed E-state index contributed by atoms with van der Waals surface area (Å²) in [5.74, 6) is 0. The lowest BCUT2D eigenvalue weighted by Crippen LogP contribution is -2.62. The van der Waals surface area contributed by atoms with Gasteiger partial charge in [-0.3, -0.25) is 0 Å². The fourth-order valence-electron chi connectivity index (χ4n) is 3.21. The van der Waals surface area contributed by atoms with Gasteiger partial charge in [-0.25, -0.2) is 0 Å². The Kier molecular flexibility index (Phi) is 18.8. The Morgan fingerprint density at radius 3 is 1.89 bits per heavy atom. The second-order valence-corrected chi connectivity index (χ2v) is 7.18. The van der Waals surface area contributed by atoms with Gasteiger partial charge in [0.2, 0.25) is 0 Å². The molecule has 35 heavy (non-hydrogen) atoms. The molecule has 0 N–H and O–H groups in total. The third kappa shape index (κ3) is 13.0. The molecule has 5 atom stereocenters. The van der Waals surface area contributed by atoms with Crippen LogP contribution in [0.2, 0.25) is 0 Å². The molecule has 0 amide bonds. The van der Waals surface area contributed by atoms with E-state index in [1.165, 1.54) is 0 Å². The van der Waals surface area contributed by atoms with Crippen LogP contribution in [0.3, 0.4) is 0 Å². The molecule has 1 heterocycles. The average molecular weight is 498 g/mol. The molecule has 1 aliphatic heterocycles. The van der Waals surface area contributed by atoms with Crippen molar-refractivity contribution in [1.29, 1.82) is 0 Å². The Hall–Kier alpha value is -2.05. The summed E-state index contributed by atoms with van der Waals surface area (Å²) in [6.07, 6.45) is 3.78. The summed E-state index contributed by atoms with van der Waals surface area (Å²) in [7, 11) is 0. The summed E-state index contributed by atoms with van der Waals surface area (Å²) in [6, 6.07) is 0. The van der Waals surface area contributed by atoms with Gasteiger partial charge in [0.1, 0.15) is 24.4 Å². The van der Waals surface area contributed by atoms with Crippen molar-refractivity contribution < 1.29 is 37.9 Å². The standard InChI is InChI=1S/C24H39N3O8/c1-5-10-30-19-20-21(31-11-6-2)22(32-12-7-3)23(33-13-8-4)24(35-20)34-18-17-29-16-15-28-14-9-26-27-25/h5-8,20-24H,1-4,9-19H2/t20-,21-,22+,23-,24-/m1/s1. The molecular formula is C24H39N3O8. The van der Waals surface area contributed by atoms with Crippen LogP contribution in [-0.2, 0) is 37.9 Å². The number of rotatable bonds is 23. The van der Waals surface area contributed by atoms with Gasteiger partial charge in [0.15, 0.2) is 6.29 Å². The highest BCUT2D eigenvalue weighted by atomic mass is 16.7. The molecule has 1 fully saturated rings. The first-order chi connectivity index (χ1) is 17.2. The topological polar surface area (TPSA) is 123 Å². The SMILES string of the molecule is C=CCOC[C@H]1O[C@@H](OCCOCCOCCN=[N+]=[N-])[C@H](OCC=C)[C@@H](OCC=C)[C@@H]1OCC=C. The molecule has 0 aromatic carbocycles. The summed E-state index contributed by atoms with van der Waals surface area (Å²) in [5, 5.41) is 3.39. The number of nitrogens with zero attached hydrogens (tertiary/aromatic N) is 3. The highest BCUT2D eigenvalue weighted by Gasteiger charge is 2.48. The van der Waals surface area contributed by atoms with Gasteiger partial charge in [-0.2, -0.15) is 0 Å². The molecule has 1 saturated heterocycles. The van der Waals surface area contributed by atoms with Crippen molar-refractivity contribution in [2.75, 3.05) is 72.6 Å². The van der Waals surface area contributed by atoms with Crippen molar-refractivity contribution in [3.05, 3.63) is 61.1 Å². The van der Waals surface area contributed by atoms with E-state index in [1.807, 2.05) is 0 Å². The van der Waals surface area contributed by atoms with E-state index in [9.17, 15) is 0 Å². The van der Waals surface area contributed by atoms with Gasteiger partial charge >= 0.3 is 0 Å². The lowest BCUT2D eigenvalue weighted by atomic mass is 9.98. The lowest BCUT2D eigenvalue weighted by molar-refractivity contribution is -0.320. The Labute approximate surface area is 207 Å². The molecule has 11 heteroatoms. The van der Waals surface area contributed by atoms with E-state index in [0.717, 1.165) is 0 Å². The minimum atomic E-state index is -0.755. The maximum atomic E-state index is 8.23. The van der Waals surface area contributed by atoms with Gasteiger partial charge < -0.3 is 37.9 Å². The van der Waals surface area contributed by atoms with E-state index >= 15 is 0 Å². The maximum absolute atomic E-state index is 8.23. The van der Waals surface area contributed by atoms with E-state index in [4.69, 9.17) is 43.4 Å². The monoisotopic (exact) mass is 497 g/mol. The van der Waals surface area contributed by atoms with Crippen molar-refractivity contribution in [3.8, 4) is 0 Å². The quantitative estimate of drug-likeness (QED) is 0.0694. The third-order valence-electron chi connectivity index (χ3n) is 4.61. The first kappa shape index (κ1) is 31.0. The van der Waals surface area contributed by atoms with Gasteiger partial charge in [-0.05, 0) is 5.53 Å². The summed E-state index contributed by atoms with van der Waals surface area (Å²) in [6.45, 7) is 18.3. The summed E-state index contributed by atoms with van der Waals surface area (Å²) >= 11 is 0. The third-order valence-corrected chi connectivity index (χ3v) is 4.61. The van der Waals surface area contributed by atoms with Crippen molar-refractivity contribution in [1.82, 2.24) is 0 Å². The minimum Gasteiger partial charge on any atom is -0.379 e. The van der Waals surface area contributed by atoms with Gasteiger partial charge in [-0.1, -0.05) is 29.4 Å². The van der Waals surface area contributed by atoms with Crippen LogP contribution in [0.15, 0.2) is 55.7 Å². The maximum Gasteiger partial charge on any atom is 0.187 e. The molecule has 0 bridgehead atoms. The Bertz CT molecular complexity index is 644. The van der Waals surface area contributed by atoms with Crippen LogP contribution in [0.25, 0.3) is 10.4 Å². The zero-order valence-corrected chi connectivity index (χ0v) is 20.4. The fraction of sp³-hybridized carbons (Fsp3) is 0.667. The van der Waals surface area contributed by atoms with E-state index in [1.54, 1.807) is 24.3 Å². The van der Waals surface area contributed by atoms with Crippen molar-refractivity contribution in [2.24, 2.45) is 5.11 Å². The van der Waals surface area contributed by atoms with Crippen LogP contribution < -0.4 is 0 Å². The number of hydrogen-bond donors (Lipinski definition) is 0. The molecule has 0 saturated carbocycles. The van der Waals surface area contributed by atoms with E-state index in [0.29, 0.717) is 46.2 Å². The minimum absolute atomic E-state index is 0.250. The molecular weight excluding hydrogens is 458 g/mol. The van der Waals surface area contributed by atoms with E-state index in [2.05, 4.69) is 36.3 Å². The molecule has 0 aliphatic carbocycles. The number of azide groups is 1. The van der Waals surface area contributed by atoms with Crippen LogP contribution in [0.4, 0.5) is 0 Å². The number of ether oxygens (including phenoxy) is 8. The Morgan fingerprint density at radius 2 is 1.26 bits per heavy atom. The van der Waals surface area contributed by atoms with Crippen LogP contribution in [0, 0.1) is 0 Å². The zero-order chi connectivity index (χ0) is 25.6. The predicted octanol–water partition coefficient (Wildman–Crippen LogP) is 2.99. The second-order valence-electron chi connectivity index (χ2n) is 7.18.